The van der Waals surface area contributed by atoms with E-state index in [0.717, 1.165) is 24.1 Å². The highest BCUT2D eigenvalue weighted by molar-refractivity contribution is 6.53. The summed E-state index contributed by atoms with van der Waals surface area (Å²) in [5, 5.41) is 7.00. The third kappa shape index (κ3) is 5.18. The molecule has 0 bridgehead atoms. The van der Waals surface area contributed by atoms with Crippen molar-refractivity contribution in [2.45, 2.75) is 35.6 Å². The maximum Gasteiger partial charge on any atom is 0.253 e. The molecule has 36 heavy (non-hydrogen) atoms. The van der Waals surface area contributed by atoms with E-state index >= 15 is 0 Å². The Bertz CT molecular complexity index is 1340. The second-order valence-corrected chi connectivity index (χ2v) is 11.8. The third-order valence-electron chi connectivity index (χ3n) is 6.57. The first-order valence-corrected chi connectivity index (χ1v) is 13.2. The monoisotopic (exact) mass is 581 g/mol. The van der Waals surface area contributed by atoms with Crippen molar-refractivity contribution in [1.29, 1.82) is 0 Å². The van der Waals surface area contributed by atoms with Gasteiger partial charge >= 0.3 is 0 Å². The number of benzene rings is 2. The van der Waals surface area contributed by atoms with Crippen molar-refractivity contribution in [3.8, 4) is 0 Å². The Morgan fingerprint density at radius 3 is 2.50 bits per heavy atom. The Labute approximate surface area is 233 Å². The number of halogens is 5. The molecule has 1 aromatic heterocycles. The van der Waals surface area contributed by atoms with Crippen LogP contribution in [0.1, 0.15) is 39.5 Å². The molecule has 0 radical (unpaired) electrons. The first-order valence-electron chi connectivity index (χ1n) is 11.3. The summed E-state index contributed by atoms with van der Waals surface area (Å²) in [7, 11) is 0. The number of carbonyl (C=O) groups is 2. The minimum absolute atomic E-state index is 0.0339. The van der Waals surface area contributed by atoms with Gasteiger partial charge in [-0.1, -0.05) is 40.9 Å². The Kier molecular flexibility index (Phi) is 7.14. The molecule has 0 spiro atoms. The lowest BCUT2D eigenvalue weighted by atomic mass is 9.91. The molecule has 2 aromatic carbocycles. The highest BCUT2D eigenvalue weighted by Gasteiger charge is 2.67. The molecule has 1 heterocycles. The lowest BCUT2D eigenvalue weighted by Gasteiger charge is -2.25. The van der Waals surface area contributed by atoms with Crippen LogP contribution in [0, 0.1) is 5.92 Å². The van der Waals surface area contributed by atoms with E-state index in [-0.39, 0.29) is 28.4 Å². The molecule has 1 saturated carbocycles. The average molecular weight is 584 g/mol. The fourth-order valence-corrected chi connectivity index (χ4v) is 6.34. The third-order valence-corrected chi connectivity index (χ3v) is 8.28. The van der Waals surface area contributed by atoms with E-state index in [9.17, 15) is 9.59 Å². The molecule has 2 N–H and O–H groups in total. The van der Waals surface area contributed by atoms with Crippen LogP contribution in [0.4, 0.5) is 5.69 Å². The fraction of sp³-hybridized carbons (Fsp3) is 0.269. The van der Waals surface area contributed by atoms with Gasteiger partial charge in [0.1, 0.15) is 4.33 Å². The van der Waals surface area contributed by atoms with E-state index in [1.54, 1.807) is 42.6 Å². The standard InChI is InChI=1S/C26H20Cl5N3O2/c27-15-8-14(9-16(28)11-15)22-23(26(22,30)31)25(36)34-18-3-5-20(29)19(12-18)24(35)33-17-4-6-21-13(10-17)2-1-7-32-21/h1-3,5,7-9,11-12,17,22-23H,4,6,10H2,(H,33,35)(H,34,36). The molecule has 5 rings (SSSR count). The van der Waals surface area contributed by atoms with Crippen LogP contribution in [-0.2, 0) is 17.6 Å². The van der Waals surface area contributed by atoms with Crippen molar-refractivity contribution in [1.82, 2.24) is 10.3 Å². The number of amides is 2. The predicted octanol–water partition coefficient (Wildman–Crippen LogP) is 6.86. The summed E-state index contributed by atoms with van der Waals surface area (Å²) in [6.45, 7) is 0. The van der Waals surface area contributed by atoms with Crippen LogP contribution < -0.4 is 10.6 Å². The lowest BCUT2D eigenvalue weighted by Crippen LogP contribution is -2.39. The van der Waals surface area contributed by atoms with Crippen molar-refractivity contribution < 1.29 is 9.59 Å². The number of fused-ring (bicyclic) bond motifs is 1. The molecule has 3 atom stereocenters. The molecule has 2 aliphatic carbocycles. The average Bonchev–Trinajstić information content (AvgIpc) is 3.41. The summed E-state index contributed by atoms with van der Waals surface area (Å²) in [6.07, 6.45) is 4.06. The molecule has 0 aliphatic heterocycles. The zero-order valence-corrected chi connectivity index (χ0v) is 22.5. The summed E-state index contributed by atoms with van der Waals surface area (Å²) >= 11 is 31.4. The van der Waals surface area contributed by atoms with Gasteiger partial charge in [-0.05, 0) is 72.9 Å². The van der Waals surface area contributed by atoms with Gasteiger partial charge in [-0.3, -0.25) is 14.6 Å². The second-order valence-electron chi connectivity index (χ2n) is 9.04. The molecular formula is C26H20Cl5N3O2. The van der Waals surface area contributed by atoms with Crippen LogP contribution in [0.2, 0.25) is 15.1 Å². The topological polar surface area (TPSA) is 71.1 Å². The normalized spacial score (nSPS) is 21.9. The molecule has 1 fully saturated rings. The Morgan fingerprint density at radius 2 is 1.75 bits per heavy atom. The van der Waals surface area contributed by atoms with Gasteiger partial charge in [0.05, 0.1) is 16.5 Å². The molecule has 2 aliphatic rings. The highest BCUT2D eigenvalue weighted by atomic mass is 35.5. The van der Waals surface area contributed by atoms with Crippen LogP contribution in [0.25, 0.3) is 0 Å². The van der Waals surface area contributed by atoms with Crippen LogP contribution >= 0.6 is 58.0 Å². The van der Waals surface area contributed by atoms with Crippen LogP contribution in [-0.4, -0.2) is 27.2 Å². The minimum atomic E-state index is -1.31. The lowest BCUT2D eigenvalue weighted by molar-refractivity contribution is -0.117. The predicted molar refractivity (Wildman–Crippen MR) is 145 cm³/mol. The van der Waals surface area contributed by atoms with E-state index in [0.29, 0.717) is 27.7 Å². The molecule has 186 valence electrons. The van der Waals surface area contributed by atoms with E-state index in [1.807, 2.05) is 12.1 Å². The zero-order valence-electron chi connectivity index (χ0n) is 18.7. The number of aromatic nitrogens is 1. The molecule has 0 saturated heterocycles. The summed E-state index contributed by atoms with van der Waals surface area (Å²) in [5.74, 6) is -1.89. The van der Waals surface area contributed by atoms with Crippen LogP contribution in [0.3, 0.4) is 0 Å². The van der Waals surface area contributed by atoms with Crippen molar-refractivity contribution in [3.63, 3.8) is 0 Å². The number of hydrogen-bond donors (Lipinski definition) is 2. The fourth-order valence-electron chi connectivity index (χ4n) is 4.77. The van der Waals surface area contributed by atoms with Crippen molar-refractivity contribution in [3.05, 3.63) is 92.2 Å². The molecular weight excluding hydrogens is 564 g/mol. The smallest absolute Gasteiger partial charge is 0.253 e. The largest absolute Gasteiger partial charge is 0.349 e. The maximum atomic E-state index is 13.1. The molecule has 2 amide bonds. The summed E-state index contributed by atoms with van der Waals surface area (Å²) < 4.78 is -1.31. The Balaban J connectivity index is 1.28. The van der Waals surface area contributed by atoms with Crippen molar-refractivity contribution in [2.75, 3.05) is 5.32 Å². The van der Waals surface area contributed by atoms with Gasteiger partial charge in [-0.25, -0.2) is 0 Å². The van der Waals surface area contributed by atoms with Gasteiger partial charge in [-0.2, -0.15) is 0 Å². The number of anilines is 1. The summed E-state index contributed by atoms with van der Waals surface area (Å²) in [4.78, 5) is 30.5. The Morgan fingerprint density at radius 1 is 1.00 bits per heavy atom. The summed E-state index contributed by atoms with van der Waals surface area (Å²) in [5.41, 5.74) is 3.55. The Hall–Kier alpha value is -2.02. The molecule has 10 heteroatoms. The van der Waals surface area contributed by atoms with E-state index in [4.69, 9.17) is 58.0 Å². The first-order chi connectivity index (χ1) is 17.1. The van der Waals surface area contributed by atoms with Crippen molar-refractivity contribution >= 4 is 75.5 Å². The SMILES string of the molecule is O=C(NC1CCc2ncccc2C1)c1cc(NC(=O)C2C(c3cc(Cl)cc(Cl)c3)C2(Cl)Cl)ccc1Cl. The van der Waals surface area contributed by atoms with Crippen LogP contribution in [0.15, 0.2) is 54.7 Å². The first kappa shape index (κ1) is 25.6. The number of rotatable bonds is 5. The van der Waals surface area contributed by atoms with Crippen LogP contribution in [0.5, 0.6) is 0 Å². The van der Waals surface area contributed by atoms with Gasteiger partial charge in [0, 0.05) is 39.6 Å². The van der Waals surface area contributed by atoms with E-state index in [2.05, 4.69) is 15.6 Å². The highest BCUT2D eigenvalue weighted by Crippen LogP contribution is 2.65. The minimum Gasteiger partial charge on any atom is -0.349 e. The van der Waals surface area contributed by atoms with Gasteiger partial charge in [0.25, 0.3) is 5.91 Å². The second kappa shape index (κ2) is 10.0. The van der Waals surface area contributed by atoms with Crippen molar-refractivity contribution in [2.24, 2.45) is 5.92 Å². The number of nitrogens with one attached hydrogen (secondary N) is 2. The number of pyridine rings is 1. The number of aryl methyl sites for hydroxylation is 1. The molecule has 3 aromatic rings. The zero-order chi connectivity index (χ0) is 25.6. The van der Waals surface area contributed by atoms with Gasteiger partial charge in [-0.15, -0.1) is 23.2 Å². The van der Waals surface area contributed by atoms with Gasteiger partial charge in [0.2, 0.25) is 5.91 Å². The quantitative estimate of drug-likeness (QED) is 0.323. The maximum absolute atomic E-state index is 13.1. The number of nitrogens with zero attached hydrogens (tertiary/aromatic N) is 1. The number of hydrogen-bond acceptors (Lipinski definition) is 3. The molecule has 3 unspecified atom stereocenters. The molecule has 5 nitrogen and oxygen atoms in total. The number of alkyl halides is 2. The van der Waals surface area contributed by atoms with Gasteiger partial charge in [0.15, 0.2) is 0 Å². The number of carbonyl (C=O) groups excluding carboxylic acids is 2. The summed E-state index contributed by atoms with van der Waals surface area (Å²) in [6, 6.07) is 13.6. The van der Waals surface area contributed by atoms with E-state index < -0.39 is 16.2 Å². The van der Waals surface area contributed by atoms with Gasteiger partial charge < -0.3 is 10.6 Å². The van der Waals surface area contributed by atoms with E-state index in [1.165, 1.54) is 0 Å².